The Balaban J connectivity index is 1.55. The van der Waals surface area contributed by atoms with Crippen molar-refractivity contribution in [3.05, 3.63) is 41.7 Å². The number of hydrogen-bond acceptors (Lipinski definition) is 4. The molecular formula is C17H24N6O. The highest BCUT2D eigenvalue weighted by Crippen LogP contribution is 2.18. The first-order valence-electron chi connectivity index (χ1n) is 8.39. The van der Waals surface area contributed by atoms with Crippen molar-refractivity contribution >= 4 is 12.0 Å². The Morgan fingerprint density at radius 2 is 1.96 bits per heavy atom. The standard InChI is InChI=1S/C17H24N6O/c1-3-15(14-6-4-13(2)5-7-14)20-17(24)23-10-8-22(9-11-23)16-18-12-19-21-16/h4-7,12,15H,3,8-11H2,1-2H3,(H,20,24)(H,18,19,21). The Labute approximate surface area is 142 Å². The second-order valence-electron chi connectivity index (χ2n) is 6.10. The minimum atomic E-state index is -0.000329. The molecule has 1 aromatic heterocycles. The van der Waals surface area contributed by atoms with Crippen molar-refractivity contribution in [2.24, 2.45) is 0 Å². The predicted molar refractivity (Wildman–Crippen MR) is 92.9 cm³/mol. The summed E-state index contributed by atoms with van der Waals surface area (Å²) in [6, 6.07) is 8.39. The highest BCUT2D eigenvalue weighted by atomic mass is 16.2. The molecule has 1 aliphatic heterocycles. The molecule has 2 heterocycles. The molecule has 7 heteroatoms. The third kappa shape index (κ3) is 3.67. The number of piperazine rings is 1. The number of aromatic nitrogens is 3. The molecule has 0 aliphatic carbocycles. The highest BCUT2D eigenvalue weighted by Gasteiger charge is 2.24. The lowest BCUT2D eigenvalue weighted by Crippen LogP contribution is -2.52. The monoisotopic (exact) mass is 328 g/mol. The maximum atomic E-state index is 12.6. The molecule has 0 radical (unpaired) electrons. The van der Waals surface area contributed by atoms with Crippen LogP contribution in [0.25, 0.3) is 0 Å². The summed E-state index contributed by atoms with van der Waals surface area (Å²) in [5.74, 6) is 0.765. The molecule has 1 atom stereocenters. The van der Waals surface area contributed by atoms with Crippen LogP contribution in [0, 0.1) is 6.92 Å². The summed E-state index contributed by atoms with van der Waals surface area (Å²) in [5.41, 5.74) is 2.38. The van der Waals surface area contributed by atoms with Crippen LogP contribution in [0.3, 0.4) is 0 Å². The van der Waals surface area contributed by atoms with Gasteiger partial charge in [0.25, 0.3) is 0 Å². The van der Waals surface area contributed by atoms with Crippen LogP contribution < -0.4 is 10.2 Å². The first-order chi connectivity index (χ1) is 11.7. The normalized spacial score (nSPS) is 16.1. The van der Waals surface area contributed by atoms with Gasteiger partial charge in [0.15, 0.2) is 0 Å². The summed E-state index contributed by atoms with van der Waals surface area (Å²) in [4.78, 5) is 20.7. The predicted octanol–water partition coefficient (Wildman–Crippen LogP) is 2.10. The van der Waals surface area contributed by atoms with E-state index in [1.807, 2.05) is 4.90 Å². The van der Waals surface area contributed by atoms with Gasteiger partial charge in [0.1, 0.15) is 6.33 Å². The molecule has 2 amide bonds. The quantitative estimate of drug-likeness (QED) is 0.901. The zero-order valence-electron chi connectivity index (χ0n) is 14.2. The molecule has 128 valence electrons. The summed E-state index contributed by atoms with van der Waals surface area (Å²) in [6.45, 7) is 7.02. The molecule has 2 N–H and O–H groups in total. The van der Waals surface area contributed by atoms with E-state index in [0.29, 0.717) is 13.1 Å². The molecule has 1 aromatic carbocycles. The van der Waals surface area contributed by atoms with Gasteiger partial charge in [-0.05, 0) is 18.9 Å². The van der Waals surface area contributed by atoms with Crippen LogP contribution in [-0.4, -0.2) is 52.3 Å². The third-order valence-electron chi connectivity index (χ3n) is 4.45. The lowest BCUT2D eigenvalue weighted by Gasteiger charge is -2.35. The molecule has 1 aliphatic rings. The molecule has 1 unspecified atom stereocenters. The van der Waals surface area contributed by atoms with E-state index < -0.39 is 0 Å². The number of hydrogen-bond donors (Lipinski definition) is 2. The SMILES string of the molecule is CCC(NC(=O)N1CCN(c2ncn[nH]2)CC1)c1ccc(C)cc1. The van der Waals surface area contributed by atoms with Gasteiger partial charge in [0, 0.05) is 26.2 Å². The van der Waals surface area contributed by atoms with E-state index in [4.69, 9.17) is 0 Å². The lowest BCUT2D eigenvalue weighted by molar-refractivity contribution is 0.189. The number of nitrogens with one attached hydrogen (secondary N) is 2. The zero-order chi connectivity index (χ0) is 16.9. The van der Waals surface area contributed by atoms with E-state index in [9.17, 15) is 4.79 Å². The fourth-order valence-electron chi connectivity index (χ4n) is 2.93. The zero-order valence-corrected chi connectivity index (χ0v) is 14.2. The van der Waals surface area contributed by atoms with Gasteiger partial charge in [-0.25, -0.2) is 9.89 Å². The third-order valence-corrected chi connectivity index (χ3v) is 4.45. The van der Waals surface area contributed by atoms with E-state index in [1.165, 1.54) is 11.9 Å². The van der Waals surface area contributed by atoms with E-state index in [2.05, 4.69) is 63.5 Å². The second-order valence-corrected chi connectivity index (χ2v) is 6.10. The maximum absolute atomic E-state index is 12.6. The van der Waals surface area contributed by atoms with Crippen LogP contribution in [0.5, 0.6) is 0 Å². The van der Waals surface area contributed by atoms with Crippen LogP contribution in [0.4, 0.5) is 10.7 Å². The number of rotatable bonds is 4. The number of carbonyl (C=O) groups is 1. The van der Waals surface area contributed by atoms with Gasteiger partial charge in [0.05, 0.1) is 6.04 Å². The number of benzene rings is 1. The van der Waals surface area contributed by atoms with Gasteiger partial charge in [-0.1, -0.05) is 36.8 Å². The molecule has 2 aromatic rings. The average molecular weight is 328 g/mol. The van der Waals surface area contributed by atoms with Crippen molar-refractivity contribution in [1.29, 1.82) is 0 Å². The van der Waals surface area contributed by atoms with Crippen LogP contribution >= 0.6 is 0 Å². The van der Waals surface area contributed by atoms with E-state index in [1.54, 1.807) is 0 Å². The van der Waals surface area contributed by atoms with Crippen molar-refractivity contribution in [2.75, 3.05) is 31.1 Å². The number of aryl methyl sites for hydroxylation is 1. The van der Waals surface area contributed by atoms with Crippen LogP contribution in [-0.2, 0) is 0 Å². The largest absolute Gasteiger partial charge is 0.338 e. The van der Waals surface area contributed by atoms with E-state index in [-0.39, 0.29) is 12.1 Å². The number of amides is 2. The second kappa shape index (κ2) is 7.33. The van der Waals surface area contributed by atoms with Crippen molar-refractivity contribution in [3.8, 4) is 0 Å². The number of anilines is 1. The van der Waals surface area contributed by atoms with Crippen LogP contribution in [0.2, 0.25) is 0 Å². The van der Waals surface area contributed by atoms with Gasteiger partial charge < -0.3 is 15.1 Å². The molecule has 24 heavy (non-hydrogen) atoms. The molecule has 0 saturated carbocycles. The van der Waals surface area contributed by atoms with Gasteiger partial charge in [-0.15, -0.1) is 0 Å². The Kier molecular flexibility index (Phi) is 4.98. The number of urea groups is 1. The fourth-order valence-corrected chi connectivity index (χ4v) is 2.93. The van der Waals surface area contributed by atoms with Gasteiger partial charge >= 0.3 is 6.03 Å². The topological polar surface area (TPSA) is 77.2 Å². The molecule has 3 rings (SSSR count). The Bertz CT molecular complexity index is 646. The number of carbonyl (C=O) groups excluding carboxylic acids is 1. The summed E-state index contributed by atoms with van der Waals surface area (Å²) in [7, 11) is 0. The Hall–Kier alpha value is -2.57. The van der Waals surface area contributed by atoms with Crippen LogP contribution in [0.1, 0.15) is 30.5 Å². The van der Waals surface area contributed by atoms with E-state index >= 15 is 0 Å². The molecular weight excluding hydrogens is 304 g/mol. The number of aromatic amines is 1. The van der Waals surface area contributed by atoms with Crippen molar-refractivity contribution in [3.63, 3.8) is 0 Å². The Morgan fingerprint density at radius 3 is 2.54 bits per heavy atom. The van der Waals surface area contributed by atoms with E-state index in [0.717, 1.165) is 31.0 Å². The summed E-state index contributed by atoms with van der Waals surface area (Å²) in [6.07, 6.45) is 2.37. The summed E-state index contributed by atoms with van der Waals surface area (Å²) >= 11 is 0. The first-order valence-corrected chi connectivity index (χ1v) is 8.39. The van der Waals surface area contributed by atoms with Crippen molar-refractivity contribution in [1.82, 2.24) is 25.4 Å². The van der Waals surface area contributed by atoms with Gasteiger partial charge in [-0.3, -0.25) is 0 Å². The molecule has 1 saturated heterocycles. The fraction of sp³-hybridized carbons (Fsp3) is 0.471. The minimum Gasteiger partial charge on any atom is -0.338 e. The molecule has 0 spiro atoms. The van der Waals surface area contributed by atoms with Gasteiger partial charge in [0.2, 0.25) is 5.95 Å². The van der Waals surface area contributed by atoms with Gasteiger partial charge in [-0.2, -0.15) is 10.1 Å². The number of H-pyrrole nitrogens is 1. The Morgan fingerprint density at radius 1 is 1.25 bits per heavy atom. The molecule has 7 nitrogen and oxygen atoms in total. The smallest absolute Gasteiger partial charge is 0.318 e. The number of nitrogens with zero attached hydrogens (tertiary/aromatic N) is 4. The summed E-state index contributed by atoms with van der Waals surface area (Å²) in [5, 5.41) is 9.89. The van der Waals surface area contributed by atoms with Crippen molar-refractivity contribution in [2.45, 2.75) is 26.3 Å². The average Bonchev–Trinajstić information content (AvgIpc) is 3.15. The molecule has 0 bridgehead atoms. The van der Waals surface area contributed by atoms with Crippen LogP contribution in [0.15, 0.2) is 30.6 Å². The lowest BCUT2D eigenvalue weighted by atomic mass is 10.0. The first kappa shape index (κ1) is 16.3. The molecule has 1 fully saturated rings. The minimum absolute atomic E-state index is 0.000329. The highest BCUT2D eigenvalue weighted by molar-refractivity contribution is 5.75. The summed E-state index contributed by atoms with van der Waals surface area (Å²) < 4.78 is 0. The van der Waals surface area contributed by atoms with Crippen molar-refractivity contribution < 1.29 is 4.79 Å². The maximum Gasteiger partial charge on any atom is 0.318 e.